The van der Waals surface area contributed by atoms with Crippen molar-refractivity contribution in [1.29, 1.82) is 0 Å². The standard InChI is InChI=1S/C23H23F7N2O/c1-31(11-8-15-12-17(22(25,26)27)14-18(13-15)23(28,29)30)21(33)20(32-9-2-3-10-32)16-4-6-19(24)7-5-16/h4-7,12-14,20H,2-3,8-11H2,1H3. The Hall–Kier alpha value is -2.62. The van der Waals surface area contributed by atoms with Crippen LogP contribution in [0.5, 0.6) is 0 Å². The van der Waals surface area contributed by atoms with Crippen molar-refractivity contribution in [3.05, 3.63) is 70.5 Å². The molecular weight excluding hydrogens is 453 g/mol. The number of nitrogens with zero attached hydrogens (tertiary/aromatic N) is 2. The summed E-state index contributed by atoms with van der Waals surface area (Å²) in [5, 5.41) is 0. The van der Waals surface area contributed by atoms with Crippen molar-refractivity contribution in [2.75, 3.05) is 26.7 Å². The highest BCUT2D eigenvalue weighted by molar-refractivity contribution is 5.83. The van der Waals surface area contributed by atoms with Gasteiger partial charge in [0.1, 0.15) is 11.9 Å². The lowest BCUT2D eigenvalue weighted by Crippen LogP contribution is -2.41. The molecule has 180 valence electrons. The van der Waals surface area contributed by atoms with E-state index in [-0.39, 0.29) is 30.5 Å². The van der Waals surface area contributed by atoms with E-state index in [1.165, 1.54) is 36.2 Å². The molecule has 1 atom stereocenters. The zero-order valence-electron chi connectivity index (χ0n) is 17.8. The summed E-state index contributed by atoms with van der Waals surface area (Å²) < 4.78 is 91.9. The Morgan fingerprint density at radius 3 is 1.94 bits per heavy atom. The van der Waals surface area contributed by atoms with Crippen LogP contribution in [-0.4, -0.2) is 42.4 Å². The van der Waals surface area contributed by atoms with Gasteiger partial charge in [-0.2, -0.15) is 26.3 Å². The molecule has 10 heteroatoms. The van der Waals surface area contributed by atoms with Crippen molar-refractivity contribution < 1.29 is 35.5 Å². The molecule has 0 saturated carbocycles. The minimum absolute atomic E-state index is 0.0797. The average Bonchev–Trinajstić information content (AvgIpc) is 3.26. The number of halogens is 7. The lowest BCUT2D eigenvalue weighted by molar-refractivity contribution is -0.143. The molecule has 2 aromatic rings. The lowest BCUT2D eigenvalue weighted by Gasteiger charge is -2.31. The molecule has 0 aliphatic carbocycles. The maximum atomic E-state index is 13.4. The number of benzene rings is 2. The highest BCUT2D eigenvalue weighted by Gasteiger charge is 2.37. The first-order valence-electron chi connectivity index (χ1n) is 10.4. The molecular formula is C23H23F7N2O. The number of hydrogen-bond donors (Lipinski definition) is 0. The molecule has 0 radical (unpaired) electrons. The van der Waals surface area contributed by atoms with Crippen LogP contribution in [0.1, 0.15) is 41.1 Å². The fourth-order valence-electron chi connectivity index (χ4n) is 3.93. The van der Waals surface area contributed by atoms with Gasteiger partial charge < -0.3 is 4.90 Å². The molecule has 0 spiro atoms. The van der Waals surface area contributed by atoms with Gasteiger partial charge in [-0.15, -0.1) is 0 Å². The Kier molecular flexibility index (Phi) is 7.36. The second-order valence-corrected chi connectivity index (χ2v) is 8.12. The van der Waals surface area contributed by atoms with E-state index < -0.39 is 35.3 Å². The van der Waals surface area contributed by atoms with Crippen molar-refractivity contribution in [3.8, 4) is 0 Å². The van der Waals surface area contributed by atoms with Crippen molar-refractivity contribution in [2.24, 2.45) is 0 Å². The Morgan fingerprint density at radius 1 is 0.939 bits per heavy atom. The summed E-state index contributed by atoms with van der Waals surface area (Å²) in [6.07, 6.45) is -8.27. The zero-order chi connectivity index (χ0) is 24.4. The lowest BCUT2D eigenvalue weighted by atomic mass is 10.0. The van der Waals surface area contributed by atoms with E-state index in [0.717, 1.165) is 12.8 Å². The van der Waals surface area contributed by atoms with Gasteiger partial charge >= 0.3 is 12.4 Å². The van der Waals surface area contributed by atoms with Gasteiger partial charge in [0.15, 0.2) is 0 Å². The van der Waals surface area contributed by atoms with Crippen molar-refractivity contribution in [1.82, 2.24) is 9.80 Å². The van der Waals surface area contributed by atoms with Crippen LogP contribution in [-0.2, 0) is 23.6 Å². The van der Waals surface area contributed by atoms with Crippen LogP contribution in [0.2, 0.25) is 0 Å². The minimum Gasteiger partial charge on any atom is -0.344 e. The number of carbonyl (C=O) groups excluding carboxylic acids is 1. The van der Waals surface area contributed by atoms with Gasteiger partial charge in [-0.05, 0) is 73.8 Å². The fraction of sp³-hybridized carbons (Fsp3) is 0.435. The third-order valence-corrected chi connectivity index (χ3v) is 5.69. The molecule has 1 aliphatic rings. The molecule has 2 aromatic carbocycles. The zero-order valence-corrected chi connectivity index (χ0v) is 17.8. The number of alkyl halides is 6. The number of amides is 1. The van der Waals surface area contributed by atoms with Crippen molar-refractivity contribution >= 4 is 5.91 Å². The molecule has 0 bridgehead atoms. The first kappa shape index (κ1) is 25.0. The Labute approximate surface area is 186 Å². The SMILES string of the molecule is CN(CCc1cc(C(F)(F)F)cc(C(F)(F)F)c1)C(=O)C(c1ccc(F)cc1)N1CCCC1. The molecule has 3 nitrogen and oxygen atoms in total. The van der Waals surface area contributed by atoms with Gasteiger partial charge in [-0.1, -0.05) is 12.1 Å². The maximum Gasteiger partial charge on any atom is 0.416 e. The fourth-order valence-corrected chi connectivity index (χ4v) is 3.93. The van der Waals surface area contributed by atoms with Crippen LogP contribution in [0, 0.1) is 5.82 Å². The Balaban J connectivity index is 1.80. The van der Waals surface area contributed by atoms with Gasteiger partial charge in [0.05, 0.1) is 11.1 Å². The van der Waals surface area contributed by atoms with Crippen LogP contribution in [0.3, 0.4) is 0 Å². The topological polar surface area (TPSA) is 23.6 Å². The second-order valence-electron chi connectivity index (χ2n) is 8.12. The van der Waals surface area contributed by atoms with E-state index in [9.17, 15) is 35.5 Å². The quantitative estimate of drug-likeness (QED) is 0.500. The number of likely N-dealkylation sites (tertiary alicyclic amines) is 1. The van der Waals surface area contributed by atoms with Crippen LogP contribution >= 0.6 is 0 Å². The average molecular weight is 476 g/mol. The summed E-state index contributed by atoms with van der Waals surface area (Å²) in [5.41, 5.74) is -2.37. The van der Waals surface area contributed by atoms with Crippen molar-refractivity contribution in [3.63, 3.8) is 0 Å². The van der Waals surface area contributed by atoms with E-state index in [1.807, 2.05) is 4.90 Å². The van der Waals surface area contributed by atoms with Gasteiger partial charge in [-0.25, -0.2) is 4.39 Å². The van der Waals surface area contributed by atoms with Gasteiger partial charge in [0, 0.05) is 13.6 Å². The third kappa shape index (κ3) is 6.25. The van der Waals surface area contributed by atoms with Gasteiger partial charge in [0.25, 0.3) is 0 Å². The summed E-state index contributed by atoms with van der Waals surface area (Å²) in [7, 11) is 1.45. The highest BCUT2D eigenvalue weighted by atomic mass is 19.4. The van der Waals surface area contributed by atoms with Gasteiger partial charge in [0.2, 0.25) is 5.91 Å². The molecule has 33 heavy (non-hydrogen) atoms. The molecule has 1 fully saturated rings. The van der Waals surface area contributed by atoms with Crippen LogP contribution in [0.25, 0.3) is 0 Å². The Morgan fingerprint density at radius 2 is 1.45 bits per heavy atom. The maximum absolute atomic E-state index is 13.4. The molecule has 1 saturated heterocycles. The van der Waals surface area contributed by atoms with E-state index in [2.05, 4.69) is 0 Å². The van der Waals surface area contributed by atoms with E-state index in [1.54, 1.807) is 0 Å². The Bertz CT molecular complexity index is 932. The molecule has 0 N–H and O–H groups in total. The highest BCUT2D eigenvalue weighted by Crippen LogP contribution is 2.36. The first-order valence-corrected chi connectivity index (χ1v) is 10.4. The second kappa shape index (κ2) is 9.70. The molecule has 1 heterocycles. The number of carbonyl (C=O) groups is 1. The number of likely N-dealkylation sites (N-methyl/N-ethyl adjacent to an activating group) is 1. The molecule has 3 rings (SSSR count). The van der Waals surface area contributed by atoms with Crippen LogP contribution < -0.4 is 0 Å². The van der Waals surface area contributed by atoms with Gasteiger partial charge in [-0.3, -0.25) is 9.69 Å². The number of hydrogen-bond acceptors (Lipinski definition) is 2. The van der Waals surface area contributed by atoms with E-state index in [0.29, 0.717) is 30.8 Å². The largest absolute Gasteiger partial charge is 0.416 e. The summed E-state index contributed by atoms with van der Waals surface area (Å²) in [4.78, 5) is 16.5. The first-order chi connectivity index (χ1) is 15.4. The third-order valence-electron chi connectivity index (χ3n) is 5.69. The van der Waals surface area contributed by atoms with E-state index in [4.69, 9.17) is 0 Å². The summed E-state index contributed by atoms with van der Waals surface area (Å²) >= 11 is 0. The monoisotopic (exact) mass is 476 g/mol. The summed E-state index contributed by atoms with van der Waals surface area (Å²) in [5.74, 6) is -0.809. The van der Waals surface area contributed by atoms with E-state index >= 15 is 0 Å². The van der Waals surface area contributed by atoms with Crippen molar-refractivity contribution in [2.45, 2.75) is 37.7 Å². The molecule has 0 aromatic heterocycles. The molecule has 1 aliphatic heterocycles. The molecule has 1 amide bonds. The minimum atomic E-state index is -4.93. The predicted octanol–water partition coefficient (Wildman–Crippen LogP) is 5.70. The van der Waals surface area contributed by atoms with Crippen LogP contribution in [0.4, 0.5) is 30.7 Å². The number of rotatable bonds is 6. The summed E-state index contributed by atoms with van der Waals surface area (Å²) in [6, 6.07) is 6.22. The molecule has 1 unspecified atom stereocenters. The normalized spacial score (nSPS) is 16.1. The smallest absolute Gasteiger partial charge is 0.344 e. The van der Waals surface area contributed by atoms with Crippen LogP contribution in [0.15, 0.2) is 42.5 Å². The summed E-state index contributed by atoms with van der Waals surface area (Å²) in [6.45, 7) is 1.23. The predicted molar refractivity (Wildman–Crippen MR) is 108 cm³/mol.